The van der Waals surface area contributed by atoms with Crippen LogP contribution < -0.4 is 15.4 Å². The molecule has 7 nitrogen and oxygen atoms in total. The molecule has 1 unspecified atom stereocenters. The highest BCUT2D eigenvalue weighted by atomic mass is 16.5. The SMILES string of the molecule is CC(=O)NC1CC(c2cc(NC(=O)C(C)Oc3ccccc3)n[nH]2)C1. The maximum absolute atomic E-state index is 12.2. The van der Waals surface area contributed by atoms with Gasteiger partial charge in [-0.1, -0.05) is 18.2 Å². The van der Waals surface area contributed by atoms with Crippen molar-refractivity contribution in [2.75, 3.05) is 5.32 Å². The molecule has 1 aliphatic rings. The van der Waals surface area contributed by atoms with Gasteiger partial charge in [0.15, 0.2) is 11.9 Å². The molecule has 1 aromatic heterocycles. The number of H-pyrrole nitrogens is 1. The maximum atomic E-state index is 12.2. The molecule has 1 aliphatic carbocycles. The van der Waals surface area contributed by atoms with E-state index in [0.717, 1.165) is 18.5 Å². The number of benzene rings is 1. The fraction of sp³-hybridized carbons (Fsp3) is 0.389. The Morgan fingerprint density at radius 1 is 1.28 bits per heavy atom. The first-order valence-electron chi connectivity index (χ1n) is 8.36. The molecule has 0 radical (unpaired) electrons. The zero-order valence-corrected chi connectivity index (χ0v) is 14.3. The summed E-state index contributed by atoms with van der Waals surface area (Å²) in [6, 6.07) is 11.3. The van der Waals surface area contributed by atoms with E-state index in [4.69, 9.17) is 4.74 Å². The number of nitrogens with one attached hydrogen (secondary N) is 3. The first kappa shape index (κ1) is 17.0. The van der Waals surface area contributed by atoms with Crippen LogP contribution in [-0.4, -0.2) is 34.2 Å². The third-order valence-corrected chi connectivity index (χ3v) is 4.26. The van der Waals surface area contributed by atoms with E-state index in [9.17, 15) is 9.59 Å². The minimum absolute atomic E-state index is 0.00610. The molecule has 0 spiro atoms. The van der Waals surface area contributed by atoms with Crippen molar-refractivity contribution in [3.05, 3.63) is 42.1 Å². The van der Waals surface area contributed by atoms with Gasteiger partial charge in [-0.05, 0) is 31.9 Å². The third-order valence-electron chi connectivity index (χ3n) is 4.26. The predicted molar refractivity (Wildman–Crippen MR) is 93.3 cm³/mol. The first-order chi connectivity index (χ1) is 12.0. The van der Waals surface area contributed by atoms with Crippen LogP contribution in [0.2, 0.25) is 0 Å². The number of anilines is 1. The monoisotopic (exact) mass is 342 g/mol. The zero-order chi connectivity index (χ0) is 17.8. The lowest BCUT2D eigenvalue weighted by molar-refractivity contribution is -0.122. The lowest BCUT2D eigenvalue weighted by Crippen LogP contribution is -2.42. The van der Waals surface area contributed by atoms with Gasteiger partial charge in [0, 0.05) is 30.6 Å². The smallest absolute Gasteiger partial charge is 0.266 e. The number of aromatic nitrogens is 2. The molecule has 1 aromatic carbocycles. The molecule has 0 aliphatic heterocycles. The molecule has 132 valence electrons. The molecule has 0 bridgehead atoms. The van der Waals surface area contributed by atoms with E-state index in [1.165, 1.54) is 6.92 Å². The van der Waals surface area contributed by atoms with Gasteiger partial charge in [0.1, 0.15) is 5.75 Å². The highest BCUT2D eigenvalue weighted by molar-refractivity contribution is 5.93. The molecular formula is C18H22N4O3. The van der Waals surface area contributed by atoms with Gasteiger partial charge in [-0.15, -0.1) is 0 Å². The highest BCUT2D eigenvalue weighted by Gasteiger charge is 2.32. The average Bonchev–Trinajstić information content (AvgIpc) is 2.99. The summed E-state index contributed by atoms with van der Waals surface area (Å²) in [7, 11) is 0. The number of rotatable bonds is 6. The summed E-state index contributed by atoms with van der Waals surface area (Å²) >= 11 is 0. The van der Waals surface area contributed by atoms with E-state index in [-0.39, 0.29) is 17.9 Å². The molecule has 3 N–H and O–H groups in total. The topological polar surface area (TPSA) is 96.1 Å². The van der Waals surface area contributed by atoms with E-state index in [0.29, 0.717) is 17.5 Å². The number of nitrogens with zero attached hydrogens (tertiary/aromatic N) is 1. The van der Waals surface area contributed by atoms with Crippen molar-refractivity contribution in [2.45, 2.75) is 44.8 Å². The summed E-state index contributed by atoms with van der Waals surface area (Å²) in [4.78, 5) is 23.2. The van der Waals surface area contributed by atoms with Crippen LogP contribution in [0.1, 0.15) is 38.3 Å². The molecule has 2 amide bonds. The molecule has 1 atom stereocenters. The number of hydrogen-bond donors (Lipinski definition) is 3. The van der Waals surface area contributed by atoms with Crippen LogP contribution in [-0.2, 0) is 9.59 Å². The molecule has 3 rings (SSSR count). The summed E-state index contributed by atoms with van der Waals surface area (Å²) in [5.41, 5.74) is 0.966. The molecular weight excluding hydrogens is 320 g/mol. The summed E-state index contributed by atoms with van der Waals surface area (Å²) in [5, 5.41) is 12.7. The third kappa shape index (κ3) is 4.37. The van der Waals surface area contributed by atoms with Crippen LogP contribution in [0.5, 0.6) is 5.75 Å². The quantitative estimate of drug-likeness (QED) is 0.750. The summed E-state index contributed by atoms with van der Waals surface area (Å²) in [6.45, 7) is 3.22. The van der Waals surface area contributed by atoms with E-state index >= 15 is 0 Å². The lowest BCUT2D eigenvalue weighted by atomic mass is 9.78. The van der Waals surface area contributed by atoms with Gasteiger partial charge in [-0.3, -0.25) is 14.7 Å². The van der Waals surface area contributed by atoms with E-state index < -0.39 is 6.10 Å². The Morgan fingerprint density at radius 2 is 2.00 bits per heavy atom. The lowest BCUT2D eigenvalue weighted by Gasteiger charge is -2.34. The van der Waals surface area contributed by atoms with Gasteiger partial charge in [0.25, 0.3) is 5.91 Å². The first-order valence-corrected chi connectivity index (χ1v) is 8.36. The number of para-hydroxylation sites is 1. The number of aromatic amines is 1. The highest BCUT2D eigenvalue weighted by Crippen LogP contribution is 2.36. The molecule has 7 heteroatoms. The number of carbonyl (C=O) groups is 2. The van der Waals surface area contributed by atoms with Crippen LogP contribution in [0.25, 0.3) is 0 Å². The number of ether oxygens (including phenoxy) is 1. The Bertz CT molecular complexity index is 738. The molecule has 1 fully saturated rings. The Hall–Kier alpha value is -2.83. The second-order valence-corrected chi connectivity index (χ2v) is 6.34. The van der Waals surface area contributed by atoms with Gasteiger partial charge in [-0.25, -0.2) is 0 Å². The van der Waals surface area contributed by atoms with Crippen LogP contribution in [0.15, 0.2) is 36.4 Å². The molecule has 25 heavy (non-hydrogen) atoms. The van der Waals surface area contributed by atoms with Crippen molar-refractivity contribution in [3.8, 4) is 5.75 Å². The van der Waals surface area contributed by atoms with Gasteiger partial charge < -0.3 is 15.4 Å². The maximum Gasteiger partial charge on any atom is 0.266 e. The Morgan fingerprint density at radius 3 is 2.68 bits per heavy atom. The fourth-order valence-corrected chi connectivity index (χ4v) is 2.87. The Kier molecular flexibility index (Phi) is 5.02. The van der Waals surface area contributed by atoms with Crippen molar-refractivity contribution in [3.63, 3.8) is 0 Å². The number of hydrogen-bond acceptors (Lipinski definition) is 4. The van der Waals surface area contributed by atoms with Gasteiger partial charge in [0.2, 0.25) is 5.91 Å². The number of carbonyl (C=O) groups excluding carboxylic acids is 2. The summed E-state index contributed by atoms with van der Waals surface area (Å²) in [6.07, 6.45) is 1.13. The summed E-state index contributed by atoms with van der Waals surface area (Å²) < 4.78 is 5.60. The molecule has 2 aromatic rings. The fourth-order valence-electron chi connectivity index (χ4n) is 2.87. The van der Waals surface area contributed by atoms with Gasteiger partial charge in [-0.2, -0.15) is 5.10 Å². The standard InChI is InChI=1S/C18H22N4O3/c1-11(25-15-6-4-3-5-7-15)18(24)20-17-10-16(21-22-17)13-8-14(9-13)19-12(2)23/h3-7,10-11,13-14H,8-9H2,1-2H3,(H,19,23)(H2,20,21,22,24). The second-order valence-electron chi connectivity index (χ2n) is 6.34. The zero-order valence-electron chi connectivity index (χ0n) is 14.3. The second kappa shape index (κ2) is 7.38. The largest absolute Gasteiger partial charge is 0.481 e. The van der Waals surface area contributed by atoms with Crippen molar-refractivity contribution >= 4 is 17.6 Å². The van der Waals surface area contributed by atoms with Crippen molar-refractivity contribution < 1.29 is 14.3 Å². The average molecular weight is 342 g/mol. The van der Waals surface area contributed by atoms with Crippen molar-refractivity contribution in [1.29, 1.82) is 0 Å². The van der Waals surface area contributed by atoms with E-state index in [2.05, 4.69) is 20.8 Å². The van der Waals surface area contributed by atoms with Crippen molar-refractivity contribution in [1.82, 2.24) is 15.5 Å². The molecule has 1 saturated carbocycles. The molecule has 0 saturated heterocycles. The van der Waals surface area contributed by atoms with Crippen LogP contribution in [0, 0.1) is 0 Å². The van der Waals surface area contributed by atoms with Crippen LogP contribution in [0.3, 0.4) is 0 Å². The Balaban J connectivity index is 1.50. The van der Waals surface area contributed by atoms with Gasteiger partial charge >= 0.3 is 0 Å². The van der Waals surface area contributed by atoms with E-state index in [1.807, 2.05) is 24.3 Å². The summed E-state index contributed by atoms with van der Waals surface area (Å²) in [5.74, 6) is 1.19. The minimum atomic E-state index is -0.629. The predicted octanol–water partition coefficient (Wildman–Crippen LogP) is 2.20. The number of amides is 2. The van der Waals surface area contributed by atoms with Crippen molar-refractivity contribution in [2.24, 2.45) is 0 Å². The van der Waals surface area contributed by atoms with Crippen LogP contribution >= 0.6 is 0 Å². The van der Waals surface area contributed by atoms with Crippen LogP contribution in [0.4, 0.5) is 5.82 Å². The normalized spacial score (nSPS) is 20.2. The Labute approximate surface area is 146 Å². The van der Waals surface area contributed by atoms with E-state index in [1.54, 1.807) is 19.1 Å². The molecule has 1 heterocycles. The minimum Gasteiger partial charge on any atom is -0.481 e. The van der Waals surface area contributed by atoms with Gasteiger partial charge in [0.05, 0.1) is 0 Å².